The summed E-state index contributed by atoms with van der Waals surface area (Å²) in [6.07, 6.45) is -2.57. The van der Waals surface area contributed by atoms with E-state index in [1.807, 2.05) is 0 Å². The Kier molecular flexibility index (Phi) is 6.71. The fourth-order valence-electron chi connectivity index (χ4n) is 2.59. The van der Waals surface area contributed by atoms with Crippen LogP contribution in [0, 0.1) is 5.92 Å². The molecule has 152 valence electrons. The van der Waals surface area contributed by atoms with Crippen molar-refractivity contribution < 1.29 is 27.5 Å². The van der Waals surface area contributed by atoms with Crippen LogP contribution >= 0.6 is 23.2 Å². The Balaban J connectivity index is 2.95. The van der Waals surface area contributed by atoms with Gasteiger partial charge in [0.05, 0.1) is 5.56 Å². The maximum atomic E-state index is 13.8. The van der Waals surface area contributed by atoms with E-state index in [0.717, 1.165) is 11.6 Å². The molecular formula is C17H16Cl2F3N3O3. The van der Waals surface area contributed by atoms with E-state index in [-0.39, 0.29) is 23.7 Å². The van der Waals surface area contributed by atoms with E-state index in [9.17, 15) is 22.8 Å². The molecule has 2 aromatic rings. The van der Waals surface area contributed by atoms with Gasteiger partial charge in [0.15, 0.2) is 16.3 Å². The van der Waals surface area contributed by atoms with Crippen molar-refractivity contribution in [2.24, 2.45) is 5.92 Å². The van der Waals surface area contributed by atoms with Gasteiger partial charge in [-0.15, -0.1) is 0 Å². The molecule has 2 heterocycles. The van der Waals surface area contributed by atoms with Crippen LogP contribution in [0.3, 0.4) is 0 Å². The molecular weight excluding hydrogens is 422 g/mol. The lowest BCUT2D eigenvalue weighted by Crippen LogP contribution is -2.25. The van der Waals surface area contributed by atoms with Crippen molar-refractivity contribution in [1.82, 2.24) is 14.8 Å². The van der Waals surface area contributed by atoms with E-state index in [0.29, 0.717) is 0 Å². The summed E-state index contributed by atoms with van der Waals surface area (Å²) in [5.41, 5.74) is -2.88. The summed E-state index contributed by atoms with van der Waals surface area (Å²) in [5, 5.41) is 3.70. The molecule has 0 aliphatic carbocycles. The zero-order chi connectivity index (χ0) is 21.2. The molecule has 0 atom stereocenters. The third kappa shape index (κ3) is 4.82. The standard InChI is InChI=1S/C17H16Cl2F3N3O3/c1-8(2)7-10-11(16(27)25-6-4-5-23-25)14(17(20,21)22)24-12(15(18)19)13(10)28-9(3)26/h4-6,8,15H,7H2,1-3H3. The second-order valence-electron chi connectivity index (χ2n) is 6.27. The van der Waals surface area contributed by atoms with E-state index in [1.165, 1.54) is 18.5 Å². The van der Waals surface area contributed by atoms with Crippen LogP contribution in [0.25, 0.3) is 0 Å². The average Bonchev–Trinajstić information content (AvgIpc) is 3.07. The van der Waals surface area contributed by atoms with Crippen LogP contribution in [-0.2, 0) is 17.4 Å². The molecule has 0 N–H and O–H groups in total. The Morgan fingerprint density at radius 3 is 2.36 bits per heavy atom. The molecule has 0 radical (unpaired) electrons. The highest BCUT2D eigenvalue weighted by Crippen LogP contribution is 2.42. The fourth-order valence-corrected chi connectivity index (χ4v) is 2.88. The van der Waals surface area contributed by atoms with Gasteiger partial charge in [-0.2, -0.15) is 18.3 Å². The summed E-state index contributed by atoms with van der Waals surface area (Å²) in [5.74, 6) is -2.43. The molecule has 0 bridgehead atoms. The number of aromatic nitrogens is 3. The van der Waals surface area contributed by atoms with Crippen molar-refractivity contribution in [3.8, 4) is 5.75 Å². The first kappa shape index (κ1) is 22.2. The highest BCUT2D eigenvalue weighted by atomic mass is 35.5. The van der Waals surface area contributed by atoms with Crippen molar-refractivity contribution in [3.05, 3.63) is 41.0 Å². The van der Waals surface area contributed by atoms with Gasteiger partial charge in [-0.3, -0.25) is 9.59 Å². The maximum Gasteiger partial charge on any atom is 0.434 e. The van der Waals surface area contributed by atoms with Gasteiger partial charge < -0.3 is 4.74 Å². The molecule has 6 nitrogen and oxygen atoms in total. The van der Waals surface area contributed by atoms with Gasteiger partial charge in [0.2, 0.25) is 0 Å². The third-order valence-corrected chi connectivity index (χ3v) is 3.95. The van der Waals surface area contributed by atoms with Crippen molar-refractivity contribution in [3.63, 3.8) is 0 Å². The summed E-state index contributed by atoms with van der Waals surface area (Å²) < 4.78 is 47.1. The van der Waals surface area contributed by atoms with Crippen molar-refractivity contribution in [2.45, 2.75) is 38.2 Å². The van der Waals surface area contributed by atoms with E-state index in [1.54, 1.807) is 13.8 Å². The molecule has 28 heavy (non-hydrogen) atoms. The largest absolute Gasteiger partial charge is 0.434 e. The number of hydrogen-bond donors (Lipinski definition) is 0. The highest BCUT2D eigenvalue weighted by molar-refractivity contribution is 6.44. The maximum absolute atomic E-state index is 13.8. The van der Waals surface area contributed by atoms with Crippen LogP contribution in [0.1, 0.15) is 52.9 Å². The lowest BCUT2D eigenvalue weighted by Gasteiger charge is -2.22. The van der Waals surface area contributed by atoms with E-state index < -0.39 is 39.8 Å². The topological polar surface area (TPSA) is 74.1 Å². The average molecular weight is 438 g/mol. The normalized spacial score (nSPS) is 11.9. The molecule has 2 aromatic heterocycles. The number of nitrogens with zero attached hydrogens (tertiary/aromatic N) is 3. The summed E-state index contributed by atoms with van der Waals surface area (Å²) in [6, 6.07) is 1.38. The zero-order valence-electron chi connectivity index (χ0n) is 15.1. The number of carbonyl (C=O) groups excluding carboxylic acids is 2. The van der Waals surface area contributed by atoms with Crippen LogP contribution in [-0.4, -0.2) is 26.6 Å². The quantitative estimate of drug-likeness (QED) is 0.505. The predicted octanol–water partition coefficient (Wildman–Crippen LogP) is 4.59. The van der Waals surface area contributed by atoms with Gasteiger partial charge in [0, 0.05) is 24.9 Å². The first-order chi connectivity index (χ1) is 12.9. The van der Waals surface area contributed by atoms with Crippen LogP contribution in [0.5, 0.6) is 5.75 Å². The minimum absolute atomic E-state index is 0.0238. The van der Waals surface area contributed by atoms with Gasteiger partial charge in [-0.25, -0.2) is 9.67 Å². The number of halogens is 5. The monoisotopic (exact) mass is 437 g/mol. The number of ether oxygens (including phenoxy) is 1. The molecule has 2 rings (SSSR count). The number of alkyl halides is 5. The Morgan fingerprint density at radius 2 is 1.93 bits per heavy atom. The van der Waals surface area contributed by atoms with Crippen LogP contribution in [0.4, 0.5) is 13.2 Å². The Morgan fingerprint density at radius 1 is 1.29 bits per heavy atom. The first-order valence-corrected chi connectivity index (χ1v) is 8.95. The zero-order valence-corrected chi connectivity index (χ0v) is 16.6. The van der Waals surface area contributed by atoms with Crippen LogP contribution < -0.4 is 4.74 Å². The summed E-state index contributed by atoms with van der Waals surface area (Å²) in [4.78, 5) is 26.4. The second kappa shape index (κ2) is 8.48. The number of carbonyl (C=O) groups is 2. The van der Waals surface area contributed by atoms with Crippen LogP contribution in [0.2, 0.25) is 0 Å². The van der Waals surface area contributed by atoms with E-state index in [2.05, 4.69) is 10.1 Å². The lowest BCUT2D eigenvalue weighted by molar-refractivity contribution is -0.141. The van der Waals surface area contributed by atoms with Gasteiger partial charge in [-0.1, -0.05) is 37.0 Å². The van der Waals surface area contributed by atoms with Crippen molar-refractivity contribution >= 4 is 35.1 Å². The molecule has 0 unspecified atom stereocenters. The summed E-state index contributed by atoms with van der Waals surface area (Å²) in [7, 11) is 0. The lowest BCUT2D eigenvalue weighted by atomic mass is 9.94. The van der Waals surface area contributed by atoms with E-state index in [4.69, 9.17) is 27.9 Å². The smallest absolute Gasteiger partial charge is 0.424 e. The third-order valence-electron chi connectivity index (χ3n) is 3.54. The molecule has 0 saturated heterocycles. The van der Waals surface area contributed by atoms with Gasteiger partial charge in [0.1, 0.15) is 5.69 Å². The molecule has 0 amide bonds. The summed E-state index contributed by atoms with van der Waals surface area (Å²) >= 11 is 11.6. The van der Waals surface area contributed by atoms with Gasteiger partial charge in [0.25, 0.3) is 5.91 Å². The minimum Gasteiger partial charge on any atom is -0.424 e. The SMILES string of the molecule is CC(=O)Oc1c(C(Cl)Cl)nc(C(F)(F)F)c(C(=O)n2cccn2)c1CC(C)C. The highest BCUT2D eigenvalue weighted by Gasteiger charge is 2.42. The molecule has 0 spiro atoms. The van der Waals surface area contributed by atoms with Crippen LogP contribution in [0.15, 0.2) is 18.5 Å². The molecule has 11 heteroatoms. The van der Waals surface area contributed by atoms with Crippen molar-refractivity contribution in [1.29, 1.82) is 0 Å². The minimum atomic E-state index is -4.99. The number of hydrogen-bond acceptors (Lipinski definition) is 5. The second-order valence-corrected chi connectivity index (χ2v) is 7.37. The van der Waals surface area contributed by atoms with Gasteiger partial charge in [-0.05, 0) is 18.4 Å². The molecule has 0 aromatic carbocycles. The molecule has 0 aliphatic rings. The molecule has 0 aliphatic heterocycles. The summed E-state index contributed by atoms with van der Waals surface area (Å²) in [6.45, 7) is 4.52. The molecule has 0 fully saturated rings. The van der Waals surface area contributed by atoms with Gasteiger partial charge >= 0.3 is 12.1 Å². The first-order valence-electron chi connectivity index (χ1n) is 8.08. The fraction of sp³-hybridized carbons (Fsp3) is 0.412. The molecule has 0 saturated carbocycles. The predicted molar refractivity (Wildman–Crippen MR) is 95.5 cm³/mol. The number of rotatable bonds is 5. The number of pyridine rings is 1. The Labute approximate surface area is 168 Å². The number of esters is 1. The Bertz CT molecular complexity index is 882. The Hall–Kier alpha value is -2.13. The van der Waals surface area contributed by atoms with Crippen molar-refractivity contribution in [2.75, 3.05) is 0 Å². The van der Waals surface area contributed by atoms with E-state index >= 15 is 0 Å².